The smallest absolute Gasteiger partial charge is 0.0929 e. The maximum absolute atomic E-state index is 4.53. The summed E-state index contributed by atoms with van der Waals surface area (Å²) in [6.07, 6.45) is 7.03. The van der Waals surface area contributed by atoms with Crippen LogP contribution in [0.5, 0.6) is 0 Å². The van der Waals surface area contributed by atoms with Crippen molar-refractivity contribution in [3.05, 3.63) is 60.6 Å². The zero-order valence-corrected chi connectivity index (χ0v) is 17.2. The Kier molecular flexibility index (Phi) is 4.79. The van der Waals surface area contributed by atoms with Crippen LogP contribution in [0.2, 0.25) is 0 Å². The van der Waals surface area contributed by atoms with Crippen LogP contribution in [0.4, 0.5) is 0 Å². The zero-order chi connectivity index (χ0) is 19.8. The molecule has 0 spiro atoms. The first kappa shape index (κ1) is 18.8. The molecule has 146 valence electrons. The van der Waals surface area contributed by atoms with Gasteiger partial charge in [-0.15, -0.1) is 0 Å². The molecule has 2 aromatic heterocycles. The molecule has 1 fully saturated rings. The summed E-state index contributed by atoms with van der Waals surface area (Å²) in [6, 6.07) is 14.4. The molecule has 1 N–H and O–H groups in total. The standard InChI is InChI=1S/C23H29N5/c1-22(2)15-17(16-23(3,4)27-22)14-19-8-11-21(26-25-19)18-6-9-20(10-7-18)28-13-5-12-24-28/h5-13,17,27H,14-16H2,1-4H3. The van der Waals surface area contributed by atoms with Crippen molar-refractivity contribution in [2.45, 2.75) is 58.0 Å². The first-order valence-electron chi connectivity index (χ1n) is 10.0. The summed E-state index contributed by atoms with van der Waals surface area (Å²) in [5.74, 6) is 0.625. The van der Waals surface area contributed by atoms with E-state index in [9.17, 15) is 0 Å². The minimum absolute atomic E-state index is 0.163. The van der Waals surface area contributed by atoms with E-state index in [0.717, 1.165) is 41.9 Å². The predicted molar refractivity (Wildman–Crippen MR) is 112 cm³/mol. The Labute approximate surface area is 167 Å². The lowest BCUT2D eigenvalue weighted by atomic mass is 9.74. The molecule has 0 radical (unpaired) electrons. The number of rotatable bonds is 4. The molecule has 0 unspecified atom stereocenters. The van der Waals surface area contributed by atoms with Crippen molar-refractivity contribution in [3.8, 4) is 16.9 Å². The van der Waals surface area contributed by atoms with Gasteiger partial charge in [-0.25, -0.2) is 4.68 Å². The fourth-order valence-electron chi connectivity index (χ4n) is 4.80. The van der Waals surface area contributed by atoms with Crippen molar-refractivity contribution in [2.75, 3.05) is 0 Å². The van der Waals surface area contributed by atoms with Crippen LogP contribution in [0.15, 0.2) is 54.9 Å². The average molecular weight is 376 g/mol. The van der Waals surface area contributed by atoms with Gasteiger partial charge in [0, 0.05) is 29.0 Å². The molecular weight excluding hydrogens is 346 g/mol. The Bertz CT molecular complexity index is 893. The van der Waals surface area contributed by atoms with Crippen molar-refractivity contribution in [2.24, 2.45) is 5.92 Å². The molecular formula is C23H29N5. The Balaban J connectivity index is 1.45. The summed E-state index contributed by atoms with van der Waals surface area (Å²) in [6.45, 7) is 9.18. The fourth-order valence-corrected chi connectivity index (χ4v) is 4.80. The lowest BCUT2D eigenvalue weighted by molar-refractivity contribution is 0.128. The van der Waals surface area contributed by atoms with Crippen LogP contribution < -0.4 is 5.32 Å². The quantitative estimate of drug-likeness (QED) is 0.733. The highest BCUT2D eigenvalue weighted by molar-refractivity contribution is 5.60. The number of benzene rings is 1. The number of hydrogen-bond acceptors (Lipinski definition) is 4. The van der Waals surface area contributed by atoms with Gasteiger partial charge in [-0.2, -0.15) is 15.3 Å². The number of aromatic nitrogens is 4. The monoisotopic (exact) mass is 375 g/mol. The van der Waals surface area contributed by atoms with E-state index in [1.165, 1.54) is 0 Å². The lowest BCUT2D eigenvalue weighted by Crippen LogP contribution is -2.58. The highest BCUT2D eigenvalue weighted by Gasteiger charge is 2.37. The van der Waals surface area contributed by atoms with Crippen LogP contribution in [0.3, 0.4) is 0 Å². The Hall–Kier alpha value is -2.53. The number of nitrogens with one attached hydrogen (secondary N) is 1. The first-order chi connectivity index (χ1) is 13.3. The van der Waals surface area contributed by atoms with E-state index < -0.39 is 0 Å². The highest BCUT2D eigenvalue weighted by atomic mass is 15.3. The van der Waals surface area contributed by atoms with Crippen molar-refractivity contribution in [1.29, 1.82) is 0 Å². The molecule has 0 atom stereocenters. The second-order valence-corrected chi connectivity index (χ2v) is 9.28. The molecule has 5 nitrogen and oxygen atoms in total. The molecule has 3 aromatic rings. The summed E-state index contributed by atoms with van der Waals surface area (Å²) >= 11 is 0. The van der Waals surface area contributed by atoms with Gasteiger partial charge in [0.1, 0.15) is 0 Å². The summed E-state index contributed by atoms with van der Waals surface area (Å²) in [5, 5.41) is 17.0. The SMILES string of the molecule is CC1(C)CC(Cc2ccc(-c3ccc(-n4cccn4)cc3)nn2)CC(C)(C)N1. The molecule has 0 bridgehead atoms. The molecule has 3 heterocycles. The van der Waals surface area contributed by atoms with Crippen molar-refractivity contribution >= 4 is 0 Å². The average Bonchev–Trinajstić information content (AvgIpc) is 3.14. The van der Waals surface area contributed by atoms with E-state index in [1.807, 2.05) is 16.9 Å². The van der Waals surface area contributed by atoms with Crippen LogP contribution in [0.1, 0.15) is 46.2 Å². The van der Waals surface area contributed by atoms with Crippen molar-refractivity contribution in [1.82, 2.24) is 25.3 Å². The summed E-state index contributed by atoms with van der Waals surface area (Å²) in [4.78, 5) is 0. The van der Waals surface area contributed by atoms with Crippen LogP contribution in [0, 0.1) is 5.92 Å². The van der Waals surface area contributed by atoms with Gasteiger partial charge in [0.25, 0.3) is 0 Å². The van der Waals surface area contributed by atoms with E-state index in [0.29, 0.717) is 5.92 Å². The van der Waals surface area contributed by atoms with E-state index in [4.69, 9.17) is 0 Å². The van der Waals surface area contributed by atoms with Gasteiger partial charge in [-0.05, 0) is 83.2 Å². The van der Waals surface area contributed by atoms with Crippen LogP contribution in [-0.2, 0) is 6.42 Å². The third-order valence-corrected chi connectivity index (χ3v) is 5.42. The predicted octanol–water partition coefficient (Wildman–Crippen LogP) is 4.43. The second-order valence-electron chi connectivity index (χ2n) is 9.28. The molecule has 0 aliphatic carbocycles. The minimum atomic E-state index is 0.163. The highest BCUT2D eigenvalue weighted by Crippen LogP contribution is 2.34. The van der Waals surface area contributed by atoms with E-state index in [2.05, 4.69) is 84.7 Å². The van der Waals surface area contributed by atoms with Crippen molar-refractivity contribution < 1.29 is 0 Å². The maximum Gasteiger partial charge on any atom is 0.0929 e. The third-order valence-electron chi connectivity index (χ3n) is 5.42. The normalized spacial score (nSPS) is 18.9. The van der Waals surface area contributed by atoms with Gasteiger partial charge < -0.3 is 5.32 Å². The number of piperidine rings is 1. The zero-order valence-electron chi connectivity index (χ0n) is 17.2. The Morgan fingerprint density at radius 2 is 1.68 bits per heavy atom. The van der Waals surface area contributed by atoms with Crippen LogP contribution in [-0.4, -0.2) is 31.1 Å². The molecule has 1 aromatic carbocycles. The van der Waals surface area contributed by atoms with Gasteiger partial charge in [0.05, 0.1) is 17.1 Å². The van der Waals surface area contributed by atoms with Crippen LogP contribution in [0.25, 0.3) is 16.9 Å². The Morgan fingerprint density at radius 1 is 0.964 bits per heavy atom. The molecule has 28 heavy (non-hydrogen) atoms. The largest absolute Gasteiger partial charge is 0.307 e. The maximum atomic E-state index is 4.53. The van der Waals surface area contributed by atoms with E-state index in [-0.39, 0.29) is 11.1 Å². The third kappa shape index (κ3) is 4.30. The summed E-state index contributed by atoms with van der Waals surface area (Å²) in [7, 11) is 0. The summed E-state index contributed by atoms with van der Waals surface area (Å²) in [5.41, 5.74) is 4.41. The van der Waals surface area contributed by atoms with Gasteiger partial charge in [0.2, 0.25) is 0 Å². The first-order valence-corrected chi connectivity index (χ1v) is 10.0. The molecule has 1 aliphatic heterocycles. The number of nitrogens with zero attached hydrogens (tertiary/aromatic N) is 4. The molecule has 1 aliphatic rings. The lowest BCUT2D eigenvalue weighted by Gasteiger charge is -2.46. The van der Waals surface area contributed by atoms with Gasteiger partial charge in [-0.1, -0.05) is 12.1 Å². The van der Waals surface area contributed by atoms with E-state index in [1.54, 1.807) is 6.20 Å². The van der Waals surface area contributed by atoms with Gasteiger partial charge >= 0.3 is 0 Å². The molecule has 0 amide bonds. The topological polar surface area (TPSA) is 55.6 Å². The van der Waals surface area contributed by atoms with E-state index >= 15 is 0 Å². The second kappa shape index (κ2) is 7.13. The van der Waals surface area contributed by atoms with Gasteiger partial charge in [0.15, 0.2) is 0 Å². The van der Waals surface area contributed by atoms with Crippen molar-refractivity contribution in [3.63, 3.8) is 0 Å². The number of hydrogen-bond donors (Lipinski definition) is 1. The van der Waals surface area contributed by atoms with Gasteiger partial charge in [-0.3, -0.25) is 0 Å². The Morgan fingerprint density at radius 3 is 2.25 bits per heavy atom. The molecule has 4 rings (SSSR count). The summed E-state index contributed by atoms with van der Waals surface area (Å²) < 4.78 is 1.85. The molecule has 0 saturated carbocycles. The molecule has 5 heteroatoms. The minimum Gasteiger partial charge on any atom is -0.307 e. The molecule has 1 saturated heterocycles. The van der Waals surface area contributed by atoms with Crippen LogP contribution >= 0.6 is 0 Å². The fraction of sp³-hybridized carbons (Fsp3) is 0.435.